The Morgan fingerprint density at radius 2 is 1.69 bits per heavy atom. The zero-order valence-electron chi connectivity index (χ0n) is 21.0. The first-order valence-electron chi connectivity index (χ1n) is 12.5. The second-order valence-corrected chi connectivity index (χ2v) is 9.13. The van der Waals surface area contributed by atoms with Crippen LogP contribution < -0.4 is 10.1 Å². The van der Waals surface area contributed by atoms with Crippen molar-refractivity contribution in [3.8, 4) is 11.4 Å². The van der Waals surface area contributed by atoms with Crippen molar-refractivity contribution in [1.29, 1.82) is 0 Å². The number of hydrogen-bond acceptors (Lipinski definition) is 4. The average Bonchev–Trinajstić information content (AvgIpc) is 3.29. The highest BCUT2D eigenvalue weighted by Gasteiger charge is 2.12. The van der Waals surface area contributed by atoms with Gasteiger partial charge in [-0.25, -0.2) is 0 Å². The molecule has 0 spiro atoms. The lowest BCUT2D eigenvalue weighted by Gasteiger charge is -2.11. The van der Waals surface area contributed by atoms with E-state index in [1.807, 2.05) is 43.3 Å². The fourth-order valence-electron chi connectivity index (χ4n) is 3.96. The van der Waals surface area contributed by atoms with E-state index in [0.717, 1.165) is 35.1 Å². The fourth-order valence-corrected chi connectivity index (χ4v) is 3.96. The number of unbranched alkanes of at least 4 members (excludes halogenated alkanes) is 1. The lowest BCUT2D eigenvalue weighted by Crippen LogP contribution is -2.20. The Morgan fingerprint density at radius 3 is 2.34 bits per heavy atom. The van der Waals surface area contributed by atoms with E-state index >= 15 is 0 Å². The van der Waals surface area contributed by atoms with Crippen molar-refractivity contribution in [3.05, 3.63) is 77.4 Å². The number of amides is 1. The van der Waals surface area contributed by atoms with Crippen LogP contribution in [0.4, 0.5) is 5.69 Å². The van der Waals surface area contributed by atoms with Crippen molar-refractivity contribution < 1.29 is 9.53 Å². The molecule has 4 rings (SSSR count). The molecular weight excluding hydrogens is 436 g/mol. The van der Waals surface area contributed by atoms with Gasteiger partial charge in [0.25, 0.3) is 5.91 Å². The minimum absolute atomic E-state index is 0.0583. The second-order valence-electron chi connectivity index (χ2n) is 9.13. The van der Waals surface area contributed by atoms with Crippen LogP contribution in [0.5, 0.6) is 5.75 Å². The van der Waals surface area contributed by atoms with Crippen molar-refractivity contribution >= 4 is 22.6 Å². The predicted octanol–water partition coefficient (Wildman–Crippen LogP) is 6.60. The maximum Gasteiger partial charge on any atom is 0.262 e. The topological polar surface area (TPSA) is 69.0 Å². The van der Waals surface area contributed by atoms with Crippen LogP contribution in [0.25, 0.3) is 16.7 Å². The van der Waals surface area contributed by atoms with Gasteiger partial charge in [0.15, 0.2) is 6.61 Å². The molecule has 0 aliphatic carbocycles. The molecule has 1 atom stereocenters. The molecule has 1 amide bonds. The van der Waals surface area contributed by atoms with Crippen LogP contribution in [0.15, 0.2) is 60.7 Å². The summed E-state index contributed by atoms with van der Waals surface area (Å²) in [6.45, 7) is 8.46. The first-order valence-corrected chi connectivity index (χ1v) is 12.5. The quantitative estimate of drug-likeness (QED) is 0.283. The van der Waals surface area contributed by atoms with Crippen molar-refractivity contribution in [2.45, 2.75) is 59.3 Å². The molecule has 1 unspecified atom stereocenters. The predicted molar refractivity (Wildman–Crippen MR) is 141 cm³/mol. The molecule has 182 valence electrons. The van der Waals surface area contributed by atoms with Crippen LogP contribution in [0, 0.1) is 6.92 Å². The molecule has 6 heteroatoms. The number of nitrogens with one attached hydrogen (secondary N) is 1. The third-order valence-corrected chi connectivity index (χ3v) is 6.42. The van der Waals surface area contributed by atoms with Gasteiger partial charge in [-0.1, -0.05) is 51.5 Å². The van der Waals surface area contributed by atoms with Crippen LogP contribution in [0.2, 0.25) is 0 Å². The Morgan fingerprint density at radius 1 is 1.00 bits per heavy atom. The first-order chi connectivity index (χ1) is 17.0. The van der Waals surface area contributed by atoms with Gasteiger partial charge in [-0.05, 0) is 85.2 Å². The van der Waals surface area contributed by atoms with E-state index in [9.17, 15) is 4.79 Å². The number of ether oxygens (including phenoxy) is 1. The summed E-state index contributed by atoms with van der Waals surface area (Å²) >= 11 is 0. The van der Waals surface area contributed by atoms with E-state index in [-0.39, 0.29) is 12.5 Å². The van der Waals surface area contributed by atoms with E-state index in [0.29, 0.717) is 17.4 Å². The van der Waals surface area contributed by atoms with Crippen molar-refractivity contribution in [2.24, 2.45) is 0 Å². The molecule has 6 nitrogen and oxygen atoms in total. The van der Waals surface area contributed by atoms with Crippen molar-refractivity contribution in [2.75, 3.05) is 11.9 Å². The number of rotatable bonds is 10. The Kier molecular flexibility index (Phi) is 7.80. The number of benzene rings is 3. The Bertz CT molecular complexity index is 1280. The highest BCUT2D eigenvalue weighted by Crippen LogP contribution is 2.24. The Hall–Kier alpha value is -3.67. The smallest absolute Gasteiger partial charge is 0.262 e. The number of fused-ring (bicyclic) bond motifs is 1. The number of nitrogens with zero attached hydrogens (tertiary/aromatic N) is 3. The summed E-state index contributed by atoms with van der Waals surface area (Å²) in [5.74, 6) is 0.977. The minimum atomic E-state index is -0.214. The van der Waals surface area contributed by atoms with E-state index in [1.54, 1.807) is 4.80 Å². The summed E-state index contributed by atoms with van der Waals surface area (Å²) in [6.07, 6.45) is 4.54. The van der Waals surface area contributed by atoms with Crippen LogP contribution >= 0.6 is 0 Å². The highest BCUT2D eigenvalue weighted by atomic mass is 16.5. The van der Waals surface area contributed by atoms with E-state index in [2.05, 4.69) is 60.6 Å². The van der Waals surface area contributed by atoms with Gasteiger partial charge >= 0.3 is 0 Å². The number of carbonyl (C=O) groups excluding carboxylic acids is 1. The van der Waals surface area contributed by atoms with Crippen LogP contribution in [-0.4, -0.2) is 27.5 Å². The molecule has 0 saturated heterocycles. The molecule has 0 aliphatic rings. The first kappa shape index (κ1) is 24.5. The Labute approximate surface area is 207 Å². The fraction of sp³-hybridized carbons (Fsp3) is 0.345. The SMILES string of the molecule is CCCCc1ccc(-n2nc3cc(C)c(NC(=O)COc4ccc(C(C)CC)cc4)cc3n2)cc1. The van der Waals surface area contributed by atoms with E-state index < -0.39 is 0 Å². The summed E-state index contributed by atoms with van der Waals surface area (Å²) in [7, 11) is 0. The van der Waals surface area contributed by atoms with Gasteiger partial charge < -0.3 is 10.1 Å². The number of anilines is 1. The van der Waals surface area contributed by atoms with Crippen molar-refractivity contribution in [1.82, 2.24) is 15.0 Å². The molecule has 0 radical (unpaired) electrons. The highest BCUT2D eigenvalue weighted by molar-refractivity contribution is 5.95. The van der Waals surface area contributed by atoms with Crippen LogP contribution in [0.3, 0.4) is 0 Å². The van der Waals surface area contributed by atoms with Crippen LogP contribution in [0.1, 0.15) is 62.6 Å². The average molecular weight is 471 g/mol. The largest absolute Gasteiger partial charge is 0.484 e. The molecule has 1 N–H and O–H groups in total. The molecule has 4 aromatic rings. The third-order valence-electron chi connectivity index (χ3n) is 6.42. The van der Waals surface area contributed by atoms with Gasteiger partial charge in [0.1, 0.15) is 16.8 Å². The molecular formula is C29H34N4O2. The third kappa shape index (κ3) is 6.07. The van der Waals surface area contributed by atoms with Crippen molar-refractivity contribution in [3.63, 3.8) is 0 Å². The summed E-state index contributed by atoms with van der Waals surface area (Å²) in [6, 6.07) is 20.1. The standard InChI is InChI=1S/C29H34N4O2/c1-5-7-8-22-9-13-24(14-10-22)33-31-27-17-21(4)26(18-28(27)32-33)30-29(34)19-35-25-15-11-23(12-16-25)20(3)6-2/h9-18,20H,5-8,19H2,1-4H3,(H,30,34). The number of aryl methyl sites for hydroxylation is 2. The number of hydrogen-bond donors (Lipinski definition) is 1. The molecule has 0 bridgehead atoms. The molecule has 35 heavy (non-hydrogen) atoms. The summed E-state index contributed by atoms with van der Waals surface area (Å²) in [4.78, 5) is 14.2. The zero-order valence-corrected chi connectivity index (χ0v) is 21.0. The van der Waals surface area contributed by atoms with Gasteiger partial charge in [0, 0.05) is 5.69 Å². The summed E-state index contributed by atoms with van der Waals surface area (Å²) in [5.41, 5.74) is 6.65. The molecule has 1 heterocycles. The molecule has 1 aromatic heterocycles. The second kappa shape index (κ2) is 11.2. The lowest BCUT2D eigenvalue weighted by atomic mass is 9.99. The summed E-state index contributed by atoms with van der Waals surface area (Å²) in [5, 5.41) is 12.2. The molecule has 0 aliphatic heterocycles. The minimum Gasteiger partial charge on any atom is -0.484 e. The lowest BCUT2D eigenvalue weighted by molar-refractivity contribution is -0.118. The van der Waals surface area contributed by atoms with Gasteiger partial charge in [0.2, 0.25) is 0 Å². The number of aromatic nitrogens is 3. The van der Waals surface area contributed by atoms with Gasteiger partial charge in [-0.3, -0.25) is 4.79 Å². The summed E-state index contributed by atoms with van der Waals surface area (Å²) < 4.78 is 5.69. The van der Waals surface area contributed by atoms with Crippen LogP contribution in [-0.2, 0) is 11.2 Å². The molecule has 0 saturated carbocycles. The normalized spacial score (nSPS) is 12.0. The van der Waals surface area contributed by atoms with E-state index in [4.69, 9.17) is 4.74 Å². The molecule has 3 aromatic carbocycles. The maximum absolute atomic E-state index is 12.6. The van der Waals surface area contributed by atoms with E-state index in [1.165, 1.54) is 24.0 Å². The van der Waals surface area contributed by atoms with Gasteiger partial charge in [-0.15, -0.1) is 10.2 Å². The zero-order chi connectivity index (χ0) is 24.8. The molecule has 0 fully saturated rings. The van der Waals surface area contributed by atoms with Gasteiger partial charge in [0.05, 0.1) is 5.69 Å². The Balaban J connectivity index is 1.41. The maximum atomic E-state index is 12.6. The monoisotopic (exact) mass is 470 g/mol. The van der Waals surface area contributed by atoms with Gasteiger partial charge in [-0.2, -0.15) is 4.80 Å². The number of carbonyl (C=O) groups is 1.